The van der Waals surface area contributed by atoms with Crippen molar-refractivity contribution < 1.29 is 9.53 Å². The predicted octanol–water partition coefficient (Wildman–Crippen LogP) is 3.03. The van der Waals surface area contributed by atoms with Crippen molar-refractivity contribution in [2.24, 2.45) is 5.92 Å². The molecule has 1 atom stereocenters. The van der Waals surface area contributed by atoms with Crippen LogP contribution < -0.4 is 5.32 Å². The fourth-order valence-corrected chi connectivity index (χ4v) is 2.84. The molecule has 1 fully saturated rings. The fraction of sp³-hybridized carbons (Fsp3) is 0.588. The number of ether oxygens (including phenoxy) is 1. The molecule has 1 aliphatic rings. The Morgan fingerprint density at radius 3 is 2.95 bits per heavy atom. The summed E-state index contributed by atoms with van der Waals surface area (Å²) in [6.45, 7) is 3.09. The lowest BCUT2D eigenvalue weighted by atomic mass is 9.93. The molecule has 1 aromatic carbocycles. The zero-order valence-electron chi connectivity index (χ0n) is 12.9. The molecule has 1 saturated heterocycles. The summed E-state index contributed by atoms with van der Waals surface area (Å²) in [5.74, 6) is 0.622. The minimum absolute atomic E-state index is 0.169. The van der Waals surface area contributed by atoms with Gasteiger partial charge in [-0.15, -0.1) is 0 Å². The van der Waals surface area contributed by atoms with Crippen molar-refractivity contribution in [3.63, 3.8) is 0 Å². The molecule has 21 heavy (non-hydrogen) atoms. The van der Waals surface area contributed by atoms with Crippen molar-refractivity contribution in [3.05, 3.63) is 35.9 Å². The average Bonchev–Trinajstić information content (AvgIpc) is 2.54. The maximum Gasteiger partial charge on any atom is 0.410 e. The molecule has 1 aromatic rings. The number of amides is 1. The van der Waals surface area contributed by atoms with Crippen LogP contribution in [0.1, 0.15) is 31.2 Å². The van der Waals surface area contributed by atoms with Gasteiger partial charge in [0, 0.05) is 13.1 Å². The van der Waals surface area contributed by atoms with Crippen LogP contribution in [0.4, 0.5) is 4.79 Å². The van der Waals surface area contributed by atoms with E-state index in [2.05, 4.69) is 5.32 Å². The lowest BCUT2D eigenvalue weighted by Gasteiger charge is -2.32. The van der Waals surface area contributed by atoms with Crippen LogP contribution in [0, 0.1) is 5.92 Å². The van der Waals surface area contributed by atoms with E-state index in [0.717, 1.165) is 31.6 Å². The lowest BCUT2D eigenvalue weighted by Crippen LogP contribution is -2.40. The molecule has 0 aromatic heterocycles. The van der Waals surface area contributed by atoms with E-state index in [0.29, 0.717) is 12.5 Å². The van der Waals surface area contributed by atoms with Crippen molar-refractivity contribution in [2.75, 3.05) is 26.7 Å². The molecule has 0 radical (unpaired) electrons. The molecule has 4 heteroatoms. The molecule has 1 amide bonds. The van der Waals surface area contributed by atoms with Crippen molar-refractivity contribution >= 4 is 6.09 Å². The van der Waals surface area contributed by atoms with E-state index in [1.165, 1.54) is 19.3 Å². The molecule has 0 bridgehead atoms. The summed E-state index contributed by atoms with van der Waals surface area (Å²) in [4.78, 5) is 14.0. The van der Waals surface area contributed by atoms with E-state index in [1.54, 1.807) is 0 Å². The van der Waals surface area contributed by atoms with Crippen LogP contribution >= 0.6 is 0 Å². The molecule has 1 aliphatic heterocycles. The largest absolute Gasteiger partial charge is 0.445 e. The quantitative estimate of drug-likeness (QED) is 0.819. The molecule has 2 rings (SSSR count). The third-order valence-electron chi connectivity index (χ3n) is 4.02. The van der Waals surface area contributed by atoms with Gasteiger partial charge in [0.1, 0.15) is 6.61 Å². The van der Waals surface area contributed by atoms with E-state index in [9.17, 15) is 4.79 Å². The second-order valence-electron chi connectivity index (χ2n) is 5.74. The Hall–Kier alpha value is -1.55. The van der Waals surface area contributed by atoms with Gasteiger partial charge in [0.25, 0.3) is 0 Å². The number of carbonyl (C=O) groups is 1. The molecule has 0 spiro atoms. The first-order chi connectivity index (χ1) is 10.3. The third-order valence-corrected chi connectivity index (χ3v) is 4.02. The first-order valence-corrected chi connectivity index (χ1v) is 7.90. The molecule has 0 aliphatic carbocycles. The molecule has 4 nitrogen and oxygen atoms in total. The average molecular weight is 290 g/mol. The Labute approximate surface area is 127 Å². The maximum absolute atomic E-state index is 12.1. The Morgan fingerprint density at radius 2 is 2.19 bits per heavy atom. The van der Waals surface area contributed by atoms with Gasteiger partial charge in [-0.05, 0) is 50.8 Å². The summed E-state index contributed by atoms with van der Waals surface area (Å²) in [5, 5.41) is 3.17. The Morgan fingerprint density at radius 1 is 1.38 bits per heavy atom. The summed E-state index contributed by atoms with van der Waals surface area (Å²) in [6, 6.07) is 9.84. The summed E-state index contributed by atoms with van der Waals surface area (Å²) in [7, 11) is 1.98. The van der Waals surface area contributed by atoms with Crippen molar-refractivity contribution in [3.8, 4) is 0 Å². The first-order valence-electron chi connectivity index (χ1n) is 7.90. The molecule has 0 unspecified atom stereocenters. The predicted molar refractivity (Wildman–Crippen MR) is 84.1 cm³/mol. The summed E-state index contributed by atoms with van der Waals surface area (Å²) in [5.41, 5.74) is 1.04. The molecule has 116 valence electrons. The van der Waals surface area contributed by atoms with Gasteiger partial charge < -0.3 is 15.0 Å². The zero-order valence-corrected chi connectivity index (χ0v) is 12.9. The van der Waals surface area contributed by atoms with Gasteiger partial charge in [-0.1, -0.05) is 30.3 Å². The van der Waals surface area contributed by atoms with Crippen molar-refractivity contribution in [1.82, 2.24) is 10.2 Å². The zero-order chi connectivity index (χ0) is 14.9. The number of hydrogen-bond acceptors (Lipinski definition) is 3. The smallest absolute Gasteiger partial charge is 0.410 e. The van der Waals surface area contributed by atoms with Gasteiger partial charge in [0.2, 0.25) is 0 Å². The van der Waals surface area contributed by atoms with Crippen LogP contribution in [0.2, 0.25) is 0 Å². The highest BCUT2D eigenvalue weighted by Crippen LogP contribution is 2.21. The Kier molecular flexibility index (Phi) is 6.54. The Balaban J connectivity index is 1.74. The highest BCUT2D eigenvalue weighted by atomic mass is 16.6. The van der Waals surface area contributed by atoms with Crippen molar-refractivity contribution in [1.29, 1.82) is 0 Å². The first kappa shape index (κ1) is 15.8. The van der Waals surface area contributed by atoms with E-state index < -0.39 is 0 Å². The number of hydrogen-bond donors (Lipinski definition) is 1. The fourth-order valence-electron chi connectivity index (χ4n) is 2.84. The minimum atomic E-state index is -0.169. The summed E-state index contributed by atoms with van der Waals surface area (Å²) in [6.07, 6.45) is 4.51. The third kappa shape index (κ3) is 5.38. The van der Waals surface area contributed by atoms with Gasteiger partial charge in [0.05, 0.1) is 0 Å². The topological polar surface area (TPSA) is 41.6 Å². The molecular weight excluding hydrogens is 264 g/mol. The van der Waals surface area contributed by atoms with Crippen LogP contribution in [0.3, 0.4) is 0 Å². The summed E-state index contributed by atoms with van der Waals surface area (Å²) < 4.78 is 5.42. The van der Waals surface area contributed by atoms with Gasteiger partial charge in [-0.25, -0.2) is 4.79 Å². The van der Waals surface area contributed by atoms with Crippen LogP contribution in [0.15, 0.2) is 30.3 Å². The van der Waals surface area contributed by atoms with Crippen LogP contribution in [-0.4, -0.2) is 37.7 Å². The second kappa shape index (κ2) is 8.67. The van der Waals surface area contributed by atoms with Crippen LogP contribution in [-0.2, 0) is 11.3 Å². The number of likely N-dealkylation sites (tertiary alicyclic amines) is 1. The maximum atomic E-state index is 12.1. The van der Waals surface area contributed by atoms with E-state index in [4.69, 9.17) is 4.74 Å². The number of carbonyl (C=O) groups excluding carboxylic acids is 1. The Bertz CT molecular complexity index is 422. The van der Waals surface area contributed by atoms with Crippen molar-refractivity contribution in [2.45, 2.75) is 32.3 Å². The number of benzene rings is 1. The molecular formula is C17H26N2O2. The number of rotatable bonds is 6. The normalized spacial score (nSPS) is 18.5. The highest BCUT2D eigenvalue weighted by Gasteiger charge is 2.24. The van der Waals surface area contributed by atoms with Crippen LogP contribution in [0.25, 0.3) is 0 Å². The second-order valence-corrected chi connectivity index (χ2v) is 5.74. The molecule has 1 heterocycles. The minimum Gasteiger partial charge on any atom is -0.445 e. The van der Waals surface area contributed by atoms with Gasteiger partial charge in [-0.3, -0.25) is 0 Å². The van der Waals surface area contributed by atoms with Gasteiger partial charge in [0.15, 0.2) is 0 Å². The summed E-state index contributed by atoms with van der Waals surface area (Å²) >= 11 is 0. The van der Waals surface area contributed by atoms with E-state index in [1.807, 2.05) is 42.3 Å². The monoisotopic (exact) mass is 290 g/mol. The van der Waals surface area contributed by atoms with E-state index in [-0.39, 0.29) is 6.09 Å². The number of nitrogens with zero attached hydrogens (tertiary/aromatic N) is 1. The number of nitrogens with one attached hydrogen (secondary N) is 1. The molecule has 0 saturated carbocycles. The van der Waals surface area contributed by atoms with Crippen LogP contribution in [0.5, 0.6) is 0 Å². The highest BCUT2D eigenvalue weighted by molar-refractivity contribution is 5.67. The molecule has 1 N–H and O–H groups in total. The van der Waals surface area contributed by atoms with Gasteiger partial charge in [-0.2, -0.15) is 0 Å². The lowest BCUT2D eigenvalue weighted by molar-refractivity contribution is 0.0778. The standard InChI is InChI=1S/C17H26N2O2/c1-18-11-5-9-15-10-6-12-19(13-15)17(20)21-14-16-7-3-2-4-8-16/h2-4,7-8,15,18H,5-6,9-14H2,1H3/t15-/m1/s1. The number of piperidine rings is 1. The van der Waals surface area contributed by atoms with Gasteiger partial charge >= 0.3 is 6.09 Å². The van der Waals surface area contributed by atoms with E-state index >= 15 is 0 Å². The SMILES string of the molecule is CNCCC[C@@H]1CCCN(C(=O)OCc2ccccc2)C1.